The van der Waals surface area contributed by atoms with E-state index in [2.05, 4.69) is 61.7 Å². The van der Waals surface area contributed by atoms with Crippen molar-refractivity contribution in [1.29, 1.82) is 0 Å². The Balaban J connectivity index is 1.96. The zero-order valence-electron chi connectivity index (χ0n) is 16.4. The first-order valence-electron chi connectivity index (χ1n) is 9.58. The van der Waals surface area contributed by atoms with Gasteiger partial charge in [0.15, 0.2) is 5.96 Å². The Kier molecular flexibility index (Phi) is 7.30. The van der Waals surface area contributed by atoms with E-state index in [0.717, 1.165) is 38.6 Å². The molecule has 0 unspecified atom stereocenters. The molecule has 1 aromatic carbocycles. The van der Waals surface area contributed by atoms with Crippen LogP contribution in [0.25, 0.3) is 0 Å². The molecule has 0 heterocycles. The second kappa shape index (κ2) is 9.23. The van der Waals surface area contributed by atoms with Gasteiger partial charge in [0.05, 0.1) is 6.54 Å². The van der Waals surface area contributed by atoms with Gasteiger partial charge in [0, 0.05) is 32.2 Å². The average molecular weight is 346 g/mol. The van der Waals surface area contributed by atoms with E-state index < -0.39 is 0 Å². The zero-order chi connectivity index (χ0) is 18.2. The van der Waals surface area contributed by atoms with Gasteiger partial charge in [0.1, 0.15) is 0 Å². The first-order valence-corrected chi connectivity index (χ1v) is 9.58. The van der Waals surface area contributed by atoms with Gasteiger partial charge in [-0.3, -0.25) is 4.99 Å². The molecular formula is C21H35N3O. The maximum atomic E-state index is 5.30. The molecule has 0 aliphatic heterocycles. The van der Waals surface area contributed by atoms with E-state index in [9.17, 15) is 0 Å². The Morgan fingerprint density at radius 2 is 1.92 bits per heavy atom. The highest BCUT2D eigenvalue weighted by molar-refractivity contribution is 5.79. The van der Waals surface area contributed by atoms with Crippen LogP contribution in [-0.4, -0.2) is 39.3 Å². The maximum Gasteiger partial charge on any atom is 0.191 e. The monoisotopic (exact) mass is 345 g/mol. The van der Waals surface area contributed by atoms with Crippen molar-refractivity contribution in [2.45, 2.75) is 51.9 Å². The van der Waals surface area contributed by atoms with Crippen LogP contribution in [-0.2, 0) is 10.2 Å². The van der Waals surface area contributed by atoms with Gasteiger partial charge in [0.25, 0.3) is 0 Å². The summed E-state index contributed by atoms with van der Waals surface area (Å²) in [5.74, 6) is 0.926. The molecule has 0 saturated heterocycles. The van der Waals surface area contributed by atoms with Crippen molar-refractivity contribution in [3.05, 3.63) is 35.9 Å². The van der Waals surface area contributed by atoms with E-state index in [1.165, 1.54) is 24.8 Å². The Hall–Kier alpha value is -1.55. The predicted molar refractivity (Wildman–Crippen MR) is 106 cm³/mol. The number of methoxy groups -OCH3 is 1. The van der Waals surface area contributed by atoms with E-state index in [0.29, 0.717) is 5.41 Å². The quantitative estimate of drug-likeness (QED) is 0.529. The molecule has 0 spiro atoms. The van der Waals surface area contributed by atoms with Gasteiger partial charge < -0.3 is 15.4 Å². The standard InChI is InChI=1S/C21H35N3O/c1-5-22-19(24-17-21(12-9-13-21)14-15-25-4)23-16-20(2,3)18-10-7-6-8-11-18/h6-8,10-11H,5,9,12-17H2,1-4H3,(H2,22,23,24). The van der Waals surface area contributed by atoms with Gasteiger partial charge in [-0.1, -0.05) is 50.6 Å². The normalized spacial score (nSPS) is 17.0. The second-order valence-electron chi connectivity index (χ2n) is 7.89. The molecule has 1 aromatic rings. The third-order valence-corrected chi connectivity index (χ3v) is 5.41. The van der Waals surface area contributed by atoms with Crippen LogP contribution >= 0.6 is 0 Å². The smallest absolute Gasteiger partial charge is 0.191 e. The van der Waals surface area contributed by atoms with Crippen molar-refractivity contribution in [1.82, 2.24) is 10.6 Å². The zero-order valence-corrected chi connectivity index (χ0v) is 16.4. The molecule has 25 heavy (non-hydrogen) atoms. The van der Waals surface area contributed by atoms with Crippen LogP contribution in [0, 0.1) is 5.41 Å². The number of benzene rings is 1. The molecule has 0 aromatic heterocycles. The van der Waals surface area contributed by atoms with Gasteiger partial charge in [-0.2, -0.15) is 0 Å². The molecule has 1 aliphatic carbocycles. The SMILES string of the molecule is CCNC(=NCC(C)(C)c1ccccc1)NCC1(CCOC)CCC1. The van der Waals surface area contributed by atoms with E-state index in [1.807, 2.05) is 0 Å². The van der Waals surface area contributed by atoms with Crippen LogP contribution < -0.4 is 10.6 Å². The van der Waals surface area contributed by atoms with Gasteiger partial charge >= 0.3 is 0 Å². The number of aliphatic imine (C=N–C) groups is 1. The van der Waals surface area contributed by atoms with Gasteiger partial charge in [0.2, 0.25) is 0 Å². The van der Waals surface area contributed by atoms with Gasteiger partial charge in [-0.05, 0) is 37.2 Å². The summed E-state index contributed by atoms with van der Waals surface area (Å²) in [7, 11) is 1.79. The van der Waals surface area contributed by atoms with Crippen molar-refractivity contribution < 1.29 is 4.74 Å². The minimum Gasteiger partial charge on any atom is -0.385 e. The topological polar surface area (TPSA) is 45.7 Å². The Labute approximate surface area is 153 Å². The molecule has 0 radical (unpaired) electrons. The minimum absolute atomic E-state index is 0.0216. The molecule has 1 fully saturated rings. The Bertz CT molecular complexity index is 535. The third kappa shape index (κ3) is 5.74. The molecule has 0 atom stereocenters. The molecule has 140 valence electrons. The van der Waals surface area contributed by atoms with Crippen molar-refractivity contribution in [3.63, 3.8) is 0 Å². The number of ether oxygens (including phenoxy) is 1. The number of hydrogen-bond acceptors (Lipinski definition) is 2. The summed E-state index contributed by atoms with van der Waals surface area (Å²) in [5, 5.41) is 6.97. The molecule has 0 amide bonds. The molecule has 4 heteroatoms. The first kappa shape index (κ1) is 19.8. The number of nitrogens with zero attached hydrogens (tertiary/aromatic N) is 1. The molecule has 4 nitrogen and oxygen atoms in total. The average Bonchev–Trinajstić information content (AvgIpc) is 2.59. The lowest BCUT2D eigenvalue weighted by molar-refractivity contribution is 0.0732. The molecule has 0 bridgehead atoms. The Morgan fingerprint density at radius 1 is 1.20 bits per heavy atom. The fourth-order valence-electron chi connectivity index (χ4n) is 3.38. The van der Waals surface area contributed by atoms with Crippen molar-refractivity contribution in [2.24, 2.45) is 10.4 Å². The van der Waals surface area contributed by atoms with Crippen molar-refractivity contribution in [3.8, 4) is 0 Å². The van der Waals surface area contributed by atoms with Crippen LogP contribution in [0.1, 0.15) is 52.0 Å². The van der Waals surface area contributed by atoms with Crippen molar-refractivity contribution >= 4 is 5.96 Å². The van der Waals surface area contributed by atoms with E-state index in [4.69, 9.17) is 9.73 Å². The largest absolute Gasteiger partial charge is 0.385 e. The first-order chi connectivity index (χ1) is 12.0. The summed E-state index contributed by atoms with van der Waals surface area (Å²) in [5.41, 5.74) is 1.74. The maximum absolute atomic E-state index is 5.30. The number of guanidine groups is 1. The lowest BCUT2D eigenvalue weighted by Crippen LogP contribution is -2.47. The summed E-state index contributed by atoms with van der Waals surface area (Å²) in [6.45, 7) is 10.1. The Morgan fingerprint density at radius 3 is 2.48 bits per heavy atom. The molecule has 2 rings (SSSR count). The van der Waals surface area contributed by atoms with Crippen LogP contribution in [0.5, 0.6) is 0 Å². The minimum atomic E-state index is 0.0216. The lowest BCUT2D eigenvalue weighted by atomic mass is 9.67. The second-order valence-corrected chi connectivity index (χ2v) is 7.89. The van der Waals surface area contributed by atoms with Crippen LogP contribution in [0.15, 0.2) is 35.3 Å². The highest BCUT2D eigenvalue weighted by Gasteiger charge is 2.36. The fraction of sp³-hybridized carbons (Fsp3) is 0.667. The summed E-state index contributed by atoms with van der Waals surface area (Å²) in [4.78, 5) is 4.87. The van der Waals surface area contributed by atoms with Crippen molar-refractivity contribution in [2.75, 3.05) is 33.4 Å². The lowest BCUT2D eigenvalue weighted by Gasteiger charge is -2.42. The summed E-state index contributed by atoms with van der Waals surface area (Å²) >= 11 is 0. The third-order valence-electron chi connectivity index (χ3n) is 5.41. The molecular weight excluding hydrogens is 310 g/mol. The molecule has 1 saturated carbocycles. The predicted octanol–water partition coefficient (Wildman–Crippen LogP) is 3.73. The summed E-state index contributed by atoms with van der Waals surface area (Å²) < 4.78 is 5.30. The van der Waals surface area contributed by atoms with Gasteiger partial charge in [-0.15, -0.1) is 0 Å². The number of hydrogen-bond donors (Lipinski definition) is 2. The fourth-order valence-corrected chi connectivity index (χ4v) is 3.38. The van der Waals surface area contributed by atoms with E-state index >= 15 is 0 Å². The van der Waals surface area contributed by atoms with E-state index in [-0.39, 0.29) is 5.41 Å². The van der Waals surface area contributed by atoms with Gasteiger partial charge in [-0.25, -0.2) is 0 Å². The van der Waals surface area contributed by atoms with Crippen LogP contribution in [0.4, 0.5) is 0 Å². The van der Waals surface area contributed by atoms with E-state index in [1.54, 1.807) is 7.11 Å². The van der Waals surface area contributed by atoms with Crippen LogP contribution in [0.2, 0.25) is 0 Å². The highest BCUT2D eigenvalue weighted by atomic mass is 16.5. The summed E-state index contributed by atoms with van der Waals surface area (Å²) in [6, 6.07) is 10.6. The van der Waals surface area contributed by atoms with Crippen LogP contribution in [0.3, 0.4) is 0 Å². The number of nitrogens with one attached hydrogen (secondary N) is 2. The number of rotatable bonds is 9. The molecule has 1 aliphatic rings. The summed E-state index contributed by atoms with van der Waals surface area (Å²) in [6.07, 6.45) is 5.04. The molecule has 2 N–H and O–H groups in total. The highest BCUT2D eigenvalue weighted by Crippen LogP contribution is 2.43.